The molecule has 1 amide bonds. The first-order valence-electron chi connectivity index (χ1n) is 6.74. The third-order valence-electron chi connectivity index (χ3n) is 3.12. The number of carbonyl (C=O) groups is 2. The molecule has 0 saturated carbocycles. The number of benzene rings is 1. The lowest BCUT2D eigenvalue weighted by Crippen LogP contribution is -2.33. The maximum atomic E-state index is 12.7. The number of hydrogen-bond donors (Lipinski definition) is 1. The highest BCUT2D eigenvalue weighted by molar-refractivity contribution is 7.13. The van der Waals surface area contributed by atoms with Crippen LogP contribution < -0.4 is 0 Å². The Bertz CT molecular complexity index is 758. The molecule has 0 aliphatic rings. The van der Waals surface area contributed by atoms with Gasteiger partial charge in [-0.05, 0) is 12.1 Å². The van der Waals surface area contributed by atoms with Gasteiger partial charge in [0.25, 0.3) is 0 Å². The highest BCUT2D eigenvalue weighted by atomic mass is 32.1. The molecule has 9 heteroatoms. The van der Waals surface area contributed by atoms with E-state index in [0.29, 0.717) is 16.3 Å². The summed E-state index contributed by atoms with van der Waals surface area (Å²) in [5, 5.41) is 10.6. The number of aromatic nitrogens is 1. The number of rotatable bonds is 5. The van der Waals surface area contributed by atoms with E-state index in [2.05, 4.69) is 4.98 Å². The van der Waals surface area contributed by atoms with Crippen molar-refractivity contribution >= 4 is 23.2 Å². The Morgan fingerprint density at radius 2 is 2.04 bits per heavy atom. The van der Waals surface area contributed by atoms with Crippen LogP contribution in [0.5, 0.6) is 0 Å². The molecule has 24 heavy (non-hydrogen) atoms. The van der Waals surface area contributed by atoms with Gasteiger partial charge in [0.15, 0.2) is 0 Å². The normalized spacial score (nSPS) is 11.3. The van der Waals surface area contributed by atoms with Gasteiger partial charge >= 0.3 is 12.1 Å². The summed E-state index contributed by atoms with van der Waals surface area (Å²) in [4.78, 5) is 27.6. The second-order valence-electron chi connectivity index (χ2n) is 5.04. The molecule has 2 aromatic rings. The predicted octanol–water partition coefficient (Wildman–Crippen LogP) is 2.91. The zero-order chi connectivity index (χ0) is 17.9. The van der Waals surface area contributed by atoms with E-state index in [1.807, 2.05) is 0 Å². The fourth-order valence-electron chi connectivity index (χ4n) is 1.93. The minimum Gasteiger partial charge on any atom is -0.480 e. The first-order chi connectivity index (χ1) is 11.2. The monoisotopic (exact) mass is 358 g/mol. The van der Waals surface area contributed by atoms with Gasteiger partial charge in [0.05, 0.1) is 17.7 Å². The zero-order valence-electron chi connectivity index (χ0n) is 12.5. The second-order valence-corrected chi connectivity index (χ2v) is 5.90. The van der Waals surface area contributed by atoms with E-state index in [-0.39, 0.29) is 6.42 Å². The van der Waals surface area contributed by atoms with E-state index in [1.165, 1.54) is 19.2 Å². The number of carboxylic acids is 1. The number of halogens is 3. The van der Waals surface area contributed by atoms with Crippen LogP contribution in [0.3, 0.4) is 0 Å². The van der Waals surface area contributed by atoms with Crippen LogP contribution in [-0.4, -0.2) is 40.5 Å². The molecule has 0 fully saturated rings. The molecule has 0 unspecified atom stereocenters. The number of nitrogens with zero attached hydrogens (tertiary/aromatic N) is 2. The van der Waals surface area contributed by atoms with Crippen molar-refractivity contribution in [3.63, 3.8) is 0 Å². The van der Waals surface area contributed by atoms with Crippen molar-refractivity contribution in [3.05, 3.63) is 40.9 Å². The molecule has 1 N–H and O–H groups in total. The molecule has 1 aromatic carbocycles. The number of thiazole rings is 1. The minimum absolute atomic E-state index is 0.112. The molecule has 2 rings (SSSR count). The van der Waals surface area contributed by atoms with Crippen LogP contribution in [0.25, 0.3) is 10.6 Å². The van der Waals surface area contributed by atoms with E-state index in [9.17, 15) is 22.8 Å². The standard InChI is InChI=1S/C15H13F3N2O3S/c1-20(7-13(22)23)12(21)6-11-8-24-14(19-11)9-3-2-4-10(5-9)15(16,17)18/h2-5,8H,6-7H2,1H3,(H,22,23). The van der Waals surface area contributed by atoms with Crippen molar-refractivity contribution in [1.82, 2.24) is 9.88 Å². The van der Waals surface area contributed by atoms with Crippen molar-refractivity contribution in [2.45, 2.75) is 12.6 Å². The van der Waals surface area contributed by atoms with Gasteiger partial charge in [-0.1, -0.05) is 12.1 Å². The molecule has 0 aliphatic heterocycles. The lowest BCUT2D eigenvalue weighted by Gasteiger charge is -2.13. The van der Waals surface area contributed by atoms with Gasteiger partial charge in [-0.25, -0.2) is 4.98 Å². The second kappa shape index (κ2) is 7.00. The SMILES string of the molecule is CN(CC(=O)O)C(=O)Cc1csc(-c2cccc(C(F)(F)F)c2)n1. The van der Waals surface area contributed by atoms with Gasteiger partial charge in [-0.15, -0.1) is 11.3 Å². The van der Waals surface area contributed by atoms with Crippen LogP contribution in [0, 0.1) is 0 Å². The van der Waals surface area contributed by atoms with E-state index in [0.717, 1.165) is 28.4 Å². The van der Waals surface area contributed by atoms with Gasteiger partial charge in [0.2, 0.25) is 5.91 Å². The topological polar surface area (TPSA) is 70.5 Å². The molecule has 0 aliphatic carbocycles. The fraction of sp³-hybridized carbons (Fsp3) is 0.267. The lowest BCUT2D eigenvalue weighted by molar-refractivity contribution is -0.143. The van der Waals surface area contributed by atoms with Crippen LogP contribution in [0.15, 0.2) is 29.6 Å². The summed E-state index contributed by atoms with van der Waals surface area (Å²) in [6.45, 7) is -0.427. The fourth-order valence-corrected chi connectivity index (χ4v) is 2.75. The maximum absolute atomic E-state index is 12.7. The summed E-state index contributed by atoms with van der Waals surface area (Å²) >= 11 is 1.12. The number of likely N-dealkylation sites (N-methyl/N-ethyl adjacent to an activating group) is 1. The first-order valence-corrected chi connectivity index (χ1v) is 7.62. The van der Waals surface area contributed by atoms with Crippen molar-refractivity contribution in [1.29, 1.82) is 0 Å². The van der Waals surface area contributed by atoms with E-state index >= 15 is 0 Å². The third kappa shape index (κ3) is 4.54. The Hall–Kier alpha value is -2.42. The molecule has 1 aromatic heterocycles. The number of hydrogen-bond acceptors (Lipinski definition) is 4. The predicted molar refractivity (Wildman–Crippen MR) is 81.5 cm³/mol. The molecule has 0 spiro atoms. The van der Waals surface area contributed by atoms with E-state index in [1.54, 1.807) is 5.38 Å². The Kier molecular flexibility index (Phi) is 5.23. The third-order valence-corrected chi connectivity index (χ3v) is 4.06. The number of alkyl halides is 3. The number of amides is 1. The summed E-state index contributed by atoms with van der Waals surface area (Å²) < 4.78 is 38.2. The Morgan fingerprint density at radius 1 is 1.33 bits per heavy atom. The quantitative estimate of drug-likeness (QED) is 0.892. The molecular weight excluding hydrogens is 345 g/mol. The summed E-state index contributed by atoms with van der Waals surface area (Å²) in [5.41, 5.74) is -0.0731. The Labute approximate surface area is 139 Å². The van der Waals surface area contributed by atoms with Crippen LogP contribution in [0.4, 0.5) is 13.2 Å². The molecule has 0 radical (unpaired) electrons. The van der Waals surface area contributed by atoms with Crippen LogP contribution >= 0.6 is 11.3 Å². The minimum atomic E-state index is -4.44. The van der Waals surface area contributed by atoms with E-state index in [4.69, 9.17) is 5.11 Å². The molecule has 5 nitrogen and oxygen atoms in total. The lowest BCUT2D eigenvalue weighted by atomic mass is 10.1. The molecule has 0 saturated heterocycles. The van der Waals surface area contributed by atoms with Crippen molar-refractivity contribution in [3.8, 4) is 10.6 Å². The highest BCUT2D eigenvalue weighted by Crippen LogP contribution is 2.33. The highest BCUT2D eigenvalue weighted by Gasteiger charge is 2.30. The Morgan fingerprint density at radius 3 is 2.67 bits per heavy atom. The van der Waals surface area contributed by atoms with Gasteiger partial charge in [-0.2, -0.15) is 13.2 Å². The van der Waals surface area contributed by atoms with Gasteiger partial charge in [0, 0.05) is 18.0 Å². The van der Waals surface area contributed by atoms with Gasteiger partial charge < -0.3 is 10.0 Å². The summed E-state index contributed by atoms with van der Waals surface area (Å²) in [6.07, 6.45) is -4.55. The van der Waals surface area contributed by atoms with Gasteiger partial charge in [-0.3, -0.25) is 9.59 Å². The number of carbonyl (C=O) groups excluding carboxylic acids is 1. The number of carboxylic acid groups (broad SMARTS) is 1. The van der Waals surface area contributed by atoms with Crippen molar-refractivity contribution < 1.29 is 27.9 Å². The van der Waals surface area contributed by atoms with Gasteiger partial charge in [0.1, 0.15) is 11.6 Å². The molecule has 1 heterocycles. The van der Waals surface area contributed by atoms with Crippen molar-refractivity contribution in [2.75, 3.05) is 13.6 Å². The molecule has 0 bridgehead atoms. The van der Waals surface area contributed by atoms with Crippen LogP contribution in [-0.2, 0) is 22.2 Å². The zero-order valence-corrected chi connectivity index (χ0v) is 13.3. The largest absolute Gasteiger partial charge is 0.480 e. The number of aliphatic carboxylic acids is 1. The van der Waals surface area contributed by atoms with Crippen LogP contribution in [0.1, 0.15) is 11.3 Å². The maximum Gasteiger partial charge on any atom is 0.416 e. The summed E-state index contributed by atoms with van der Waals surface area (Å²) in [5.74, 6) is -1.56. The molecular formula is C15H13F3N2O3S. The summed E-state index contributed by atoms with van der Waals surface area (Å²) in [7, 11) is 1.36. The first kappa shape index (κ1) is 17.9. The Balaban J connectivity index is 2.14. The van der Waals surface area contributed by atoms with Crippen molar-refractivity contribution in [2.24, 2.45) is 0 Å². The average Bonchev–Trinajstić information content (AvgIpc) is 2.94. The smallest absolute Gasteiger partial charge is 0.416 e. The summed E-state index contributed by atoms with van der Waals surface area (Å²) in [6, 6.07) is 4.78. The average molecular weight is 358 g/mol. The molecule has 0 atom stereocenters. The molecule has 128 valence electrons. The van der Waals surface area contributed by atoms with Crippen LogP contribution in [0.2, 0.25) is 0 Å². The van der Waals surface area contributed by atoms with E-state index < -0.39 is 30.2 Å².